The third kappa shape index (κ3) is 2.91. The Bertz CT molecular complexity index is 882. The highest BCUT2D eigenvalue weighted by atomic mass is 32.1. The molecule has 1 aliphatic carbocycles. The van der Waals surface area contributed by atoms with E-state index in [1.807, 2.05) is 11.8 Å². The fraction of sp³-hybridized carbons (Fsp3) is 0.667. The molecule has 3 atom stereocenters. The van der Waals surface area contributed by atoms with E-state index in [1.165, 1.54) is 22.7 Å². The van der Waals surface area contributed by atoms with Crippen LogP contribution in [0.3, 0.4) is 0 Å². The van der Waals surface area contributed by atoms with E-state index >= 15 is 0 Å². The van der Waals surface area contributed by atoms with E-state index in [0.717, 1.165) is 35.0 Å². The topological polar surface area (TPSA) is 73.0 Å². The minimum absolute atomic E-state index is 0.0427. The van der Waals surface area contributed by atoms with Gasteiger partial charge in [-0.05, 0) is 56.7 Å². The summed E-state index contributed by atoms with van der Waals surface area (Å²) in [5.41, 5.74) is 1.73. The van der Waals surface area contributed by atoms with E-state index < -0.39 is 0 Å². The van der Waals surface area contributed by atoms with Crippen LogP contribution in [-0.2, 0) is 22.6 Å². The molecule has 29 heavy (non-hydrogen) atoms. The van der Waals surface area contributed by atoms with Crippen LogP contribution >= 0.6 is 11.3 Å². The molecule has 0 radical (unpaired) electrons. The molecule has 3 amide bonds. The molecule has 1 saturated carbocycles. The summed E-state index contributed by atoms with van der Waals surface area (Å²) in [5, 5.41) is 4.20. The number of piperidine rings is 1. The molecule has 1 saturated heterocycles. The van der Waals surface area contributed by atoms with E-state index in [-0.39, 0.29) is 30.2 Å². The van der Waals surface area contributed by atoms with Gasteiger partial charge < -0.3 is 20.0 Å². The number of hydrogen-bond acceptors (Lipinski definition) is 5. The Hall–Kier alpha value is -1.93. The summed E-state index contributed by atoms with van der Waals surface area (Å²) in [6, 6.07) is 0. The van der Waals surface area contributed by atoms with Gasteiger partial charge in [0.25, 0.3) is 5.91 Å². The van der Waals surface area contributed by atoms with Crippen LogP contribution < -0.4 is 10.2 Å². The van der Waals surface area contributed by atoms with Crippen molar-refractivity contribution in [2.24, 2.45) is 17.8 Å². The molecule has 1 aromatic rings. The zero-order valence-corrected chi connectivity index (χ0v) is 17.9. The fourth-order valence-corrected chi connectivity index (χ4v) is 6.93. The number of fused-ring (bicyclic) bond motifs is 4. The Morgan fingerprint density at radius 1 is 1.28 bits per heavy atom. The molecule has 0 bridgehead atoms. The smallest absolute Gasteiger partial charge is 0.257 e. The lowest BCUT2D eigenvalue weighted by atomic mass is 9.61. The Morgan fingerprint density at radius 2 is 2.10 bits per heavy atom. The highest BCUT2D eigenvalue weighted by molar-refractivity contribution is 7.17. The number of thiophene rings is 1. The molecule has 4 aliphatic rings. The second kappa shape index (κ2) is 7.09. The van der Waals surface area contributed by atoms with Gasteiger partial charge in [-0.1, -0.05) is 0 Å². The first-order valence-corrected chi connectivity index (χ1v) is 11.5. The fourth-order valence-electron chi connectivity index (χ4n) is 5.50. The van der Waals surface area contributed by atoms with Crippen LogP contribution in [0.4, 0.5) is 5.00 Å². The molecular formula is C21H28N4O3S. The summed E-state index contributed by atoms with van der Waals surface area (Å²) in [5.74, 6) is 1.50. The lowest BCUT2D eigenvalue weighted by molar-refractivity contribution is -0.146. The first-order valence-electron chi connectivity index (χ1n) is 10.7. The minimum atomic E-state index is -0.0725. The molecule has 0 spiro atoms. The van der Waals surface area contributed by atoms with E-state index in [9.17, 15) is 14.4 Å². The van der Waals surface area contributed by atoms with E-state index in [1.54, 1.807) is 11.9 Å². The third-order valence-electron chi connectivity index (χ3n) is 7.21. The first kappa shape index (κ1) is 19.1. The number of carbonyl (C=O) groups is 3. The number of nitrogens with one attached hydrogen (secondary N) is 1. The number of rotatable bonds is 2. The summed E-state index contributed by atoms with van der Waals surface area (Å²) in [7, 11) is 1.69. The maximum Gasteiger partial charge on any atom is 0.257 e. The average molecular weight is 417 g/mol. The molecule has 2 fully saturated rings. The van der Waals surface area contributed by atoms with E-state index in [0.29, 0.717) is 43.5 Å². The summed E-state index contributed by atoms with van der Waals surface area (Å²) >= 11 is 1.53. The molecule has 3 aliphatic heterocycles. The van der Waals surface area contributed by atoms with Crippen LogP contribution in [0.1, 0.15) is 40.6 Å². The molecule has 1 N–H and O–H groups in total. The van der Waals surface area contributed by atoms with Crippen molar-refractivity contribution in [2.75, 3.05) is 44.7 Å². The molecule has 4 heterocycles. The Kier molecular flexibility index (Phi) is 4.66. The van der Waals surface area contributed by atoms with Crippen LogP contribution in [0.15, 0.2) is 0 Å². The van der Waals surface area contributed by atoms with Gasteiger partial charge in [-0.2, -0.15) is 0 Å². The van der Waals surface area contributed by atoms with Crippen molar-refractivity contribution in [3.63, 3.8) is 0 Å². The van der Waals surface area contributed by atoms with Crippen molar-refractivity contribution in [2.45, 2.75) is 32.7 Å². The Balaban J connectivity index is 1.41. The van der Waals surface area contributed by atoms with E-state index in [2.05, 4.69) is 5.32 Å². The standard InChI is InChI=1S/C21H28N4O3S/c1-3-25-17(26)11-23(2)20(28)18-13-5-7-24(10-16(13)29-21(18)25)19(27)14-8-12-4-6-22-9-15(12)14/h12,14-15,22H,3-11H2,1-2H3/t12-,14-,15-/m1/s1. The van der Waals surface area contributed by atoms with Crippen molar-refractivity contribution < 1.29 is 14.4 Å². The van der Waals surface area contributed by atoms with Gasteiger partial charge in [0, 0.05) is 30.9 Å². The molecule has 8 heteroatoms. The largest absolute Gasteiger partial charge is 0.337 e. The van der Waals surface area contributed by atoms with Gasteiger partial charge >= 0.3 is 0 Å². The molecule has 0 unspecified atom stereocenters. The molecule has 1 aromatic heterocycles. The van der Waals surface area contributed by atoms with Gasteiger partial charge in [-0.25, -0.2) is 0 Å². The maximum absolute atomic E-state index is 13.2. The van der Waals surface area contributed by atoms with Crippen molar-refractivity contribution in [1.82, 2.24) is 15.1 Å². The number of carbonyl (C=O) groups excluding carboxylic acids is 3. The molecule has 156 valence electrons. The number of hydrogen-bond donors (Lipinski definition) is 1. The van der Waals surface area contributed by atoms with Crippen LogP contribution in [0.2, 0.25) is 0 Å². The van der Waals surface area contributed by atoms with Gasteiger partial charge in [0.1, 0.15) is 11.5 Å². The van der Waals surface area contributed by atoms with Crippen LogP contribution in [0.5, 0.6) is 0 Å². The van der Waals surface area contributed by atoms with Gasteiger partial charge in [-0.15, -0.1) is 11.3 Å². The maximum atomic E-state index is 13.2. The second-order valence-corrected chi connectivity index (χ2v) is 9.84. The number of likely N-dealkylation sites (N-methyl/N-ethyl adjacent to an activating group) is 2. The van der Waals surface area contributed by atoms with Gasteiger partial charge in [0.2, 0.25) is 11.8 Å². The molecular weight excluding hydrogens is 388 g/mol. The quantitative estimate of drug-likeness (QED) is 0.789. The lowest BCUT2D eigenvalue weighted by Crippen LogP contribution is -2.55. The zero-order valence-electron chi connectivity index (χ0n) is 17.1. The van der Waals surface area contributed by atoms with Crippen molar-refractivity contribution in [3.05, 3.63) is 16.0 Å². The highest BCUT2D eigenvalue weighted by Gasteiger charge is 2.47. The van der Waals surface area contributed by atoms with Gasteiger partial charge in [0.05, 0.1) is 12.1 Å². The van der Waals surface area contributed by atoms with Gasteiger partial charge in [0.15, 0.2) is 0 Å². The summed E-state index contributed by atoms with van der Waals surface area (Å²) < 4.78 is 0. The third-order valence-corrected chi connectivity index (χ3v) is 8.45. The Morgan fingerprint density at radius 3 is 2.86 bits per heavy atom. The van der Waals surface area contributed by atoms with Gasteiger partial charge in [-0.3, -0.25) is 14.4 Å². The predicted octanol–water partition coefficient (Wildman–Crippen LogP) is 1.32. The first-order chi connectivity index (χ1) is 14.0. The SMILES string of the molecule is CCN1C(=O)CN(C)C(=O)c2c1sc1c2CCN(C(=O)[C@@H]2C[C@H]3CCNC[C@H]32)C1. The molecule has 7 nitrogen and oxygen atoms in total. The Labute approximate surface area is 175 Å². The second-order valence-electron chi connectivity index (χ2n) is 8.75. The van der Waals surface area contributed by atoms with Crippen LogP contribution in [0, 0.1) is 17.8 Å². The molecule has 5 rings (SSSR count). The summed E-state index contributed by atoms with van der Waals surface area (Å²) in [4.78, 5) is 45.1. The van der Waals surface area contributed by atoms with Crippen molar-refractivity contribution in [1.29, 1.82) is 0 Å². The number of nitrogens with zero attached hydrogens (tertiary/aromatic N) is 3. The van der Waals surface area contributed by atoms with Crippen molar-refractivity contribution >= 4 is 34.1 Å². The normalized spacial score (nSPS) is 29.0. The monoisotopic (exact) mass is 416 g/mol. The number of anilines is 1. The van der Waals surface area contributed by atoms with Crippen molar-refractivity contribution in [3.8, 4) is 0 Å². The minimum Gasteiger partial charge on any atom is -0.337 e. The lowest BCUT2D eigenvalue weighted by Gasteiger charge is -2.48. The predicted molar refractivity (Wildman–Crippen MR) is 111 cm³/mol. The summed E-state index contributed by atoms with van der Waals surface area (Å²) in [6.45, 7) is 5.87. The number of amides is 3. The summed E-state index contributed by atoms with van der Waals surface area (Å²) in [6.07, 6.45) is 2.90. The molecule has 0 aromatic carbocycles. The van der Waals surface area contributed by atoms with E-state index in [4.69, 9.17) is 0 Å². The van der Waals surface area contributed by atoms with Crippen LogP contribution in [0.25, 0.3) is 0 Å². The highest BCUT2D eigenvalue weighted by Crippen LogP contribution is 2.46. The zero-order chi connectivity index (χ0) is 20.3. The average Bonchev–Trinajstić information content (AvgIpc) is 3.02. The van der Waals surface area contributed by atoms with Crippen LogP contribution in [-0.4, -0.2) is 67.3 Å².